The Balaban J connectivity index is 2.07. The van der Waals surface area contributed by atoms with E-state index in [0.717, 1.165) is 18.7 Å². The first kappa shape index (κ1) is 8.56. The van der Waals surface area contributed by atoms with Crippen molar-refractivity contribution in [2.75, 3.05) is 0 Å². The molecule has 0 aliphatic carbocycles. The van der Waals surface area contributed by atoms with Crippen molar-refractivity contribution in [1.82, 2.24) is 15.3 Å². The summed E-state index contributed by atoms with van der Waals surface area (Å²) in [5, 5.41) is 3.34. The third kappa shape index (κ3) is 1.51. The molecule has 1 aliphatic rings. The Morgan fingerprint density at radius 3 is 2.60 bits per heavy atom. The highest BCUT2D eigenvalue weighted by atomic mass is 14.9. The summed E-state index contributed by atoms with van der Waals surface area (Å²) in [7, 11) is 0. The first-order valence-electron chi connectivity index (χ1n) is 5.01. The van der Waals surface area contributed by atoms with E-state index in [1.54, 1.807) is 6.33 Å². The van der Waals surface area contributed by atoms with Crippen molar-refractivity contribution in [2.45, 2.75) is 13.1 Å². The fourth-order valence-electron chi connectivity index (χ4n) is 1.92. The Labute approximate surface area is 88.2 Å². The van der Waals surface area contributed by atoms with Crippen molar-refractivity contribution in [2.24, 2.45) is 0 Å². The number of fused-ring (bicyclic) bond motifs is 1. The molecule has 3 heteroatoms. The number of rotatable bonds is 1. The molecule has 2 aromatic rings. The molecule has 3 rings (SSSR count). The van der Waals surface area contributed by atoms with Gasteiger partial charge in [-0.3, -0.25) is 0 Å². The second-order valence-electron chi connectivity index (χ2n) is 3.71. The molecule has 0 saturated heterocycles. The van der Waals surface area contributed by atoms with E-state index in [-0.39, 0.29) is 0 Å². The molecular formula is C12H11N3. The molecule has 74 valence electrons. The summed E-state index contributed by atoms with van der Waals surface area (Å²) in [4.78, 5) is 8.06. The average molecular weight is 197 g/mol. The third-order valence-corrected chi connectivity index (χ3v) is 2.73. The van der Waals surface area contributed by atoms with E-state index in [1.165, 1.54) is 16.7 Å². The lowest BCUT2D eigenvalue weighted by atomic mass is 10.0. The number of nitrogens with one attached hydrogen (secondary N) is 1. The summed E-state index contributed by atoms with van der Waals surface area (Å²) in [6.07, 6.45) is 5.24. The van der Waals surface area contributed by atoms with Gasteiger partial charge >= 0.3 is 0 Å². The van der Waals surface area contributed by atoms with Crippen LogP contribution in [0, 0.1) is 0 Å². The van der Waals surface area contributed by atoms with Crippen LogP contribution in [0.3, 0.4) is 0 Å². The molecule has 0 atom stereocenters. The van der Waals surface area contributed by atoms with Gasteiger partial charge in [0.15, 0.2) is 0 Å². The van der Waals surface area contributed by atoms with Crippen LogP contribution >= 0.6 is 0 Å². The molecule has 3 nitrogen and oxygen atoms in total. The van der Waals surface area contributed by atoms with Gasteiger partial charge in [-0.25, -0.2) is 9.97 Å². The molecule has 0 bridgehead atoms. The van der Waals surface area contributed by atoms with Gasteiger partial charge < -0.3 is 5.32 Å². The highest BCUT2D eigenvalue weighted by molar-refractivity contribution is 5.63. The Morgan fingerprint density at radius 2 is 1.73 bits per heavy atom. The Kier molecular flexibility index (Phi) is 1.96. The fourth-order valence-corrected chi connectivity index (χ4v) is 1.92. The molecule has 1 aromatic heterocycles. The van der Waals surface area contributed by atoms with Crippen molar-refractivity contribution in [3.8, 4) is 11.1 Å². The van der Waals surface area contributed by atoms with Crippen LogP contribution in [0.15, 0.2) is 36.9 Å². The maximum Gasteiger partial charge on any atom is 0.115 e. The van der Waals surface area contributed by atoms with Crippen LogP contribution in [0.5, 0.6) is 0 Å². The van der Waals surface area contributed by atoms with Gasteiger partial charge in [-0.2, -0.15) is 0 Å². The molecule has 1 N–H and O–H groups in total. The number of hydrogen-bond acceptors (Lipinski definition) is 3. The lowest BCUT2D eigenvalue weighted by Crippen LogP contribution is -1.99. The fraction of sp³-hybridized carbons (Fsp3) is 0.167. The van der Waals surface area contributed by atoms with Gasteiger partial charge in [0.05, 0.1) is 0 Å². The van der Waals surface area contributed by atoms with Gasteiger partial charge in [0.1, 0.15) is 6.33 Å². The minimum absolute atomic E-state index is 0.969. The SMILES string of the molecule is c1ncc(-c2ccc3c(c2)CNC3)cn1. The topological polar surface area (TPSA) is 37.8 Å². The number of benzene rings is 1. The van der Waals surface area contributed by atoms with E-state index in [2.05, 4.69) is 33.5 Å². The van der Waals surface area contributed by atoms with E-state index in [4.69, 9.17) is 0 Å². The zero-order valence-electron chi connectivity index (χ0n) is 8.27. The van der Waals surface area contributed by atoms with Gasteiger partial charge in [0, 0.05) is 31.0 Å². The third-order valence-electron chi connectivity index (χ3n) is 2.73. The van der Waals surface area contributed by atoms with Crippen LogP contribution in [0.2, 0.25) is 0 Å². The van der Waals surface area contributed by atoms with Crippen LogP contribution in [0.1, 0.15) is 11.1 Å². The Bertz CT molecular complexity index is 479. The van der Waals surface area contributed by atoms with Gasteiger partial charge in [0.25, 0.3) is 0 Å². The Morgan fingerprint density at radius 1 is 0.933 bits per heavy atom. The summed E-state index contributed by atoms with van der Waals surface area (Å²) in [5.41, 5.74) is 5.05. The van der Waals surface area contributed by atoms with Crippen LogP contribution in [-0.4, -0.2) is 9.97 Å². The average Bonchev–Trinajstić information content (AvgIpc) is 2.77. The minimum atomic E-state index is 0.969. The molecule has 1 aromatic carbocycles. The highest BCUT2D eigenvalue weighted by Gasteiger charge is 2.10. The van der Waals surface area contributed by atoms with Crippen LogP contribution in [-0.2, 0) is 13.1 Å². The molecule has 15 heavy (non-hydrogen) atoms. The highest BCUT2D eigenvalue weighted by Crippen LogP contribution is 2.23. The second kappa shape index (κ2) is 3.44. The zero-order valence-corrected chi connectivity index (χ0v) is 8.27. The zero-order chi connectivity index (χ0) is 10.1. The van der Waals surface area contributed by atoms with Crippen LogP contribution in [0.25, 0.3) is 11.1 Å². The monoisotopic (exact) mass is 197 g/mol. The predicted octanol–water partition coefficient (Wildman–Crippen LogP) is 1.75. The lowest BCUT2D eigenvalue weighted by Gasteiger charge is -2.03. The van der Waals surface area contributed by atoms with E-state index in [0.29, 0.717) is 0 Å². The van der Waals surface area contributed by atoms with E-state index < -0.39 is 0 Å². The molecule has 0 fully saturated rings. The minimum Gasteiger partial charge on any atom is -0.309 e. The first-order valence-corrected chi connectivity index (χ1v) is 5.01. The van der Waals surface area contributed by atoms with Gasteiger partial charge in [-0.05, 0) is 22.8 Å². The molecule has 1 aliphatic heterocycles. The molecular weight excluding hydrogens is 186 g/mol. The first-order chi connectivity index (χ1) is 7.43. The lowest BCUT2D eigenvalue weighted by molar-refractivity contribution is 0.765. The van der Waals surface area contributed by atoms with Crippen molar-refractivity contribution >= 4 is 0 Å². The van der Waals surface area contributed by atoms with E-state index in [1.807, 2.05) is 12.4 Å². The maximum absolute atomic E-state index is 4.03. The van der Waals surface area contributed by atoms with E-state index in [9.17, 15) is 0 Å². The summed E-state index contributed by atoms with van der Waals surface area (Å²) in [6, 6.07) is 6.52. The molecule has 2 heterocycles. The van der Waals surface area contributed by atoms with Crippen molar-refractivity contribution in [1.29, 1.82) is 0 Å². The summed E-state index contributed by atoms with van der Waals surface area (Å²) in [6.45, 7) is 1.96. The normalized spacial score (nSPS) is 13.9. The molecule has 0 saturated carbocycles. The van der Waals surface area contributed by atoms with Crippen LogP contribution in [0.4, 0.5) is 0 Å². The molecule has 0 amide bonds. The largest absolute Gasteiger partial charge is 0.309 e. The quantitative estimate of drug-likeness (QED) is 0.756. The standard InChI is InChI=1S/C12H11N3/c1-2-10-4-13-5-11(10)3-9(1)12-6-14-8-15-7-12/h1-3,6-8,13H,4-5H2. The number of nitrogens with zero attached hydrogens (tertiary/aromatic N) is 2. The number of hydrogen-bond donors (Lipinski definition) is 1. The second-order valence-corrected chi connectivity index (χ2v) is 3.71. The van der Waals surface area contributed by atoms with E-state index >= 15 is 0 Å². The smallest absolute Gasteiger partial charge is 0.115 e. The van der Waals surface area contributed by atoms with Gasteiger partial charge in [-0.15, -0.1) is 0 Å². The van der Waals surface area contributed by atoms with Gasteiger partial charge in [-0.1, -0.05) is 12.1 Å². The summed E-state index contributed by atoms with van der Waals surface area (Å²) >= 11 is 0. The predicted molar refractivity (Wildman–Crippen MR) is 58.0 cm³/mol. The molecule has 0 radical (unpaired) electrons. The van der Waals surface area contributed by atoms with Crippen molar-refractivity contribution < 1.29 is 0 Å². The molecule has 0 unspecified atom stereocenters. The van der Waals surface area contributed by atoms with Gasteiger partial charge in [0.2, 0.25) is 0 Å². The number of aromatic nitrogens is 2. The maximum atomic E-state index is 4.03. The Hall–Kier alpha value is -1.74. The van der Waals surface area contributed by atoms with Crippen molar-refractivity contribution in [3.05, 3.63) is 48.0 Å². The molecule has 0 spiro atoms. The van der Waals surface area contributed by atoms with Crippen molar-refractivity contribution in [3.63, 3.8) is 0 Å². The summed E-state index contributed by atoms with van der Waals surface area (Å²) < 4.78 is 0. The summed E-state index contributed by atoms with van der Waals surface area (Å²) in [5.74, 6) is 0. The van der Waals surface area contributed by atoms with Crippen LogP contribution < -0.4 is 5.32 Å².